The van der Waals surface area contributed by atoms with E-state index in [4.69, 9.17) is 23.2 Å². The van der Waals surface area contributed by atoms with E-state index in [9.17, 15) is 23.9 Å². The van der Waals surface area contributed by atoms with Gasteiger partial charge in [0.25, 0.3) is 0 Å². The molecular formula is C18H12Cl2F2N2O2. The first-order valence-corrected chi connectivity index (χ1v) is 8.34. The van der Waals surface area contributed by atoms with Gasteiger partial charge in [0.15, 0.2) is 0 Å². The topological polar surface area (TPSA) is 64.3 Å². The molecule has 1 aliphatic rings. The average Bonchev–Trinajstić information content (AvgIpc) is 2.96. The predicted molar refractivity (Wildman–Crippen MR) is 93.5 cm³/mol. The van der Waals surface area contributed by atoms with Crippen molar-refractivity contribution in [3.63, 3.8) is 0 Å². The molecule has 0 radical (unpaired) electrons. The van der Waals surface area contributed by atoms with Crippen LogP contribution in [0.2, 0.25) is 10.0 Å². The number of anilines is 1. The van der Waals surface area contributed by atoms with Crippen molar-refractivity contribution >= 4 is 34.9 Å². The van der Waals surface area contributed by atoms with Crippen LogP contribution in [0.4, 0.5) is 14.5 Å². The molecule has 1 saturated heterocycles. The number of nitriles is 1. The zero-order valence-electron chi connectivity index (χ0n) is 13.2. The van der Waals surface area contributed by atoms with E-state index >= 15 is 0 Å². The lowest BCUT2D eigenvalue weighted by atomic mass is 9.79. The Bertz CT molecular complexity index is 932. The Balaban J connectivity index is 2.10. The number of carboxylic acid groups (broad SMARTS) is 1. The van der Waals surface area contributed by atoms with Crippen molar-refractivity contribution < 1.29 is 18.7 Å². The van der Waals surface area contributed by atoms with Crippen LogP contribution in [-0.2, 0) is 10.2 Å². The molecule has 8 heteroatoms. The number of nitrogens with zero attached hydrogens (tertiary/aromatic N) is 2. The van der Waals surface area contributed by atoms with Crippen LogP contribution in [0.15, 0.2) is 36.4 Å². The number of hydrogen-bond donors (Lipinski definition) is 1. The lowest BCUT2D eigenvalue weighted by Gasteiger charge is -2.25. The zero-order chi connectivity index (χ0) is 19.1. The van der Waals surface area contributed by atoms with Crippen LogP contribution in [0.25, 0.3) is 0 Å². The summed E-state index contributed by atoms with van der Waals surface area (Å²) in [6.45, 7) is -0.183. The van der Waals surface area contributed by atoms with Gasteiger partial charge in [0, 0.05) is 28.6 Å². The van der Waals surface area contributed by atoms with Gasteiger partial charge in [0.05, 0.1) is 11.8 Å². The molecule has 0 saturated carbocycles. The maximum atomic E-state index is 14.4. The van der Waals surface area contributed by atoms with Crippen molar-refractivity contribution in [3.05, 3.63) is 63.6 Å². The van der Waals surface area contributed by atoms with Crippen molar-refractivity contribution in [1.82, 2.24) is 0 Å². The van der Waals surface area contributed by atoms with Crippen molar-refractivity contribution in [2.75, 3.05) is 11.4 Å². The number of carbonyl (C=O) groups is 1. The highest BCUT2D eigenvalue weighted by Gasteiger charge is 2.50. The quantitative estimate of drug-likeness (QED) is 0.834. The Kier molecular flexibility index (Phi) is 4.78. The summed E-state index contributed by atoms with van der Waals surface area (Å²) in [7, 11) is 0. The second-order valence-electron chi connectivity index (χ2n) is 6.10. The third kappa shape index (κ3) is 3.09. The Morgan fingerprint density at radius 1 is 1.19 bits per heavy atom. The van der Waals surface area contributed by atoms with Gasteiger partial charge in [-0.2, -0.15) is 5.26 Å². The second-order valence-corrected chi connectivity index (χ2v) is 6.97. The van der Waals surface area contributed by atoms with Gasteiger partial charge in [0.2, 0.25) is 0 Å². The summed E-state index contributed by atoms with van der Waals surface area (Å²) in [5.74, 6) is -2.65. The number of aliphatic carboxylic acids is 1. The molecule has 1 heterocycles. The first kappa shape index (κ1) is 18.4. The molecule has 0 spiro atoms. The maximum absolute atomic E-state index is 14.4. The van der Waals surface area contributed by atoms with E-state index in [1.54, 1.807) is 0 Å². The van der Waals surface area contributed by atoms with Gasteiger partial charge in [-0.1, -0.05) is 29.3 Å². The molecule has 4 nitrogen and oxygen atoms in total. The lowest BCUT2D eigenvalue weighted by molar-refractivity contribution is -0.138. The van der Waals surface area contributed by atoms with Gasteiger partial charge in [-0.3, -0.25) is 0 Å². The molecule has 26 heavy (non-hydrogen) atoms. The van der Waals surface area contributed by atoms with Crippen LogP contribution in [-0.4, -0.2) is 23.7 Å². The summed E-state index contributed by atoms with van der Waals surface area (Å²) in [4.78, 5) is 13.0. The standard InChI is InChI=1S/C18H12Cl2F2N2O2/c19-10-1-3-12(13(21)5-10)18(8-23)7-16(17(25)26)24(9-18)15-4-2-11(20)6-14(15)22/h1-6,16H,7,9H2,(H,25,26). The maximum Gasteiger partial charge on any atom is 0.326 e. The number of benzene rings is 2. The van der Waals surface area contributed by atoms with Crippen LogP contribution in [0, 0.1) is 23.0 Å². The minimum Gasteiger partial charge on any atom is -0.480 e. The summed E-state index contributed by atoms with van der Waals surface area (Å²) in [5.41, 5.74) is -1.43. The van der Waals surface area contributed by atoms with Gasteiger partial charge in [-0.25, -0.2) is 13.6 Å². The van der Waals surface area contributed by atoms with Crippen LogP contribution in [0.1, 0.15) is 12.0 Å². The Morgan fingerprint density at radius 2 is 1.81 bits per heavy atom. The van der Waals surface area contributed by atoms with Crippen LogP contribution < -0.4 is 4.90 Å². The lowest BCUT2D eigenvalue weighted by Crippen LogP contribution is -2.37. The molecular weight excluding hydrogens is 385 g/mol. The number of rotatable bonds is 3. The molecule has 1 N–H and O–H groups in total. The molecule has 3 rings (SSSR count). The molecule has 1 fully saturated rings. The van der Waals surface area contributed by atoms with E-state index in [1.165, 1.54) is 29.2 Å². The fourth-order valence-corrected chi connectivity index (χ4v) is 3.63. The third-order valence-electron chi connectivity index (χ3n) is 4.52. The van der Waals surface area contributed by atoms with E-state index < -0.39 is 29.1 Å². The summed E-state index contributed by atoms with van der Waals surface area (Å²) in [6.07, 6.45) is -0.195. The van der Waals surface area contributed by atoms with Gasteiger partial charge in [-0.15, -0.1) is 0 Å². The van der Waals surface area contributed by atoms with Crippen molar-refractivity contribution in [3.8, 4) is 6.07 Å². The highest BCUT2D eigenvalue weighted by molar-refractivity contribution is 6.30. The molecule has 2 unspecified atom stereocenters. The van der Waals surface area contributed by atoms with E-state index in [1.807, 2.05) is 6.07 Å². The molecule has 0 amide bonds. The average molecular weight is 397 g/mol. The van der Waals surface area contributed by atoms with Gasteiger partial charge in [-0.05, 0) is 30.3 Å². The Labute approximate surface area is 158 Å². The smallest absolute Gasteiger partial charge is 0.326 e. The summed E-state index contributed by atoms with van der Waals surface area (Å²) < 4.78 is 28.8. The minimum absolute atomic E-state index is 0.00621. The van der Waals surface area contributed by atoms with Crippen LogP contribution in [0.3, 0.4) is 0 Å². The van der Waals surface area contributed by atoms with Crippen LogP contribution in [0.5, 0.6) is 0 Å². The molecule has 134 valence electrons. The van der Waals surface area contributed by atoms with Gasteiger partial charge in [0.1, 0.15) is 23.1 Å². The third-order valence-corrected chi connectivity index (χ3v) is 4.99. The fraction of sp³-hybridized carbons (Fsp3) is 0.222. The SMILES string of the molecule is N#CC1(c2ccc(Cl)cc2F)CC(C(=O)O)N(c2ccc(Cl)cc2F)C1. The summed E-state index contributed by atoms with van der Waals surface area (Å²) >= 11 is 11.5. The number of halogens is 4. The van der Waals surface area contributed by atoms with Crippen molar-refractivity contribution in [2.45, 2.75) is 17.9 Å². The number of hydrogen-bond acceptors (Lipinski definition) is 3. The van der Waals surface area contributed by atoms with Gasteiger partial charge < -0.3 is 10.0 Å². The van der Waals surface area contributed by atoms with E-state index in [0.717, 1.165) is 12.1 Å². The molecule has 2 aromatic carbocycles. The molecule has 0 aliphatic carbocycles. The highest BCUT2D eigenvalue weighted by atomic mass is 35.5. The first-order valence-electron chi connectivity index (χ1n) is 7.59. The summed E-state index contributed by atoms with van der Waals surface area (Å²) in [6, 6.07) is 8.53. The van der Waals surface area contributed by atoms with Crippen molar-refractivity contribution in [1.29, 1.82) is 5.26 Å². The first-order chi connectivity index (χ1) is 12.3. The Morgan fingerprint density at radius 3 is 2.35 bits per heavy atom. The second kappa shape index (κ2) is 6.75. The molecule has 0 aromatic heterocycles. The highest BCUT2D eigenvalue weighted by Crippen LogP contribution is 2.42. The molecule has 2 aromatic rings. The fourth-order valence-electron chi connectivity index (χ4n) is 3.31. The van der Waals surface area contributed by atoms with E-state index in [0.29, 0.717) is 0 Å². The Hall–Kier alpha value is -2.36. The minimum atomic E-state index is -1.45. The summed E-state index contributed by atoms with van der Waals surface area (Å²) in [5, 5.41) is 19.6. The molecule has 2 atom stereocenters. The van der Waals surface area contributed by atoms with E-state index in [2.05, 4.69) is 0 Å². The van der Waals surface area contributed by atoms with Crippen molar-refractivity contribution in [2.24, 2.45) is 0 Å². The number of carboxylic acids is 1. The monoisotopic (exact) mass is 396 g/mol. The normalized spacial score (nSPS) is 22.3. The molecule has 0 bridgehead atoms. The zero-order valence-corrected chi connectivity index (χ0v) is 14.7. The predicted octanol–water partition coefficient (Wildman–Crippen LogP) is 4.40. The molecule has 1 aliphatic heterocycles. The largest absolute Gasteiger partial charge is 0.480 e. The van der Waals surface area contributed by atoms with Gasteiger partial charge >= 0.3 is 5.97 Å². The van der Waals surface area contributed by atoms with E-state index in [-0.39, 0.29) is 34.3 Å². The van der Waals surface area contributed by atoms with Crippen LogP contribution >= 0.6 is 23.2 Å².